The summed E-state index contributed by atoms with van der Waals surface area (Å²) in [6.07, 6.45) is -1.15. The van der Waals surface area contributed by atoms with Crippen LogP contribution in [0.1, 0.15) is 49.5 Å². The van der Waals surface area contributed by atoms with Crippen molar-refractivity contribution in [1.82, 2.24) is 20.6 Å². The van der Waals surface area contributed by atoms with Crippen molar-refractivity contribution in [3.8, 4) is 5.69 Å². The van der Waals surface area contributed by atoms with E-state index in [1.54, 1.807) is 24.3 Å². The van der Waals surface area contributed by atoms with E-state index in [2.05, 4.69) is 22.9 Å². The zero-order valence-electron chi connectivity index (χ0n) is 16.5. The molecule has 0 saturated heterocycles. The number of hydrazine groups is 1. The van der Waals surface area contributed by atoms with Gasteiger partial charge >= 0.3 is 6.18 Å². The van der Waals surface area contributed by atoms with Crippen molar-refractivity contribution >= 4 is 23.2 Å². The van der Waals surface area contributed by atoms with Gasteiger partial charge in [-0.3, -0.25) is 20.4 Å². The molecule has 2 heterocycles. The third-order valence-corrected chi connectivity index (χ3v) is 6.36. The number of hydrogen-bond donors (Lipinski definition) is 2. The van der Waals surface area contributed by atoms with E-state index in [0.717, 1.165) is 35.9 Å². The van der Waals surface area contributed by atoms with Gasteiger partial charge in [-0.05, 0) is 48.9 Å². The van der Waals surface area contributed by atoms with E-state index in [0.29, 0.717) is 15.5 Å². The second-order valence-corrected chi connectivity index (χ2v) is 8.60. The van der Waals surface area contributed by atoms with Crippen LogP contribution >= 0.6 is 11.3 Å². The van der Waals surface area contributed by atoms with Gasteiger partial charge in [-0.15, -0.1) is 11.3 Å². The molecule has 10 heteroatoms. The van der Waals surface area contributed by atoms with Crippen LogP contribution in [-0.4, -0.2) is 21.6 Å². The Kier molecular flexibility index (Phi) is 5.57. The maximum absolute atomic E-state index is 13.7. The van der Waals surface area contributed by atoms with Crippen LogP contribution in [0.2, 0.25) is 0 Å². The Labute approximate surface area is 180 Å². The van der Waals surface area contributed by atoms with Crippen LogP contribution < -0.4 is 10.9 Å². The fourth-order valence-electron chi connectivity index (χ4n) is 3.61. The number of nitrogens with zero attached hydrogens (tertiary/aromatic N) is 2. The van der Waals surface area contributed by atoms with Crippen molar-refractivity contribution in [1.29, 1.82) is 0 Å². The van der Waals surface area contributed by atoms with Gasteiger partial charge in [0.05, 0.1) is 22.3 Å². The number of hydrogen-bond acceptors (Lipinski definition) is 4. The van der Waals surface area contributed by atoms with Gasteiger partial charge in [0.2, 0.25) is 0 Å². The van der Waals surface area contributed by atoms with E-state index < -0.39 is 29.2 Å². The second-order valence-electron chi connectivity index (χ2n) is 7.47. The zero-order chi connectivity index (χ0) is 22.2. The zero-order valence-corrected chi connectivity index (χ0v) is 17.3. The molecule has 1 atom stereocenters. The normalized spacial score (nSPS) is 15.9. The molecule has 0 unspecified atom stereocenters. The molecule has 0 spiro atoms. The highest BCUT2D eigenvalue weighted by atomic mass is 32.1. The molecule has 2 amide bonds. The number of aromatic nitrogens is 2. The molecule has 0 radical (unpaired) electrons. The average Bonchev–Trinajstić information content (AvgIpc) is 3.36. The van der Waals surface area contributed by atoms with Crippen LogP contribution in [-0.2, 0) is 19.0 Å². The van der Waals surface area contributed by atoms with Crippen molar-refractivity contribution < 1.29 is 22.8 Å². The standard InChI is InChI=1S/C21H19F3N4O2S/c1-12-7-8-16-13(9-12)10-17(31-16)20(30)27-26-19(29)15-11-25-28(18(15)21(22,23)24)14-5-3-2-4-6-14/h2-6,10-12H,7-9H2,1H3,(H,26,29)(H,27,30)/t12-/m0/s1. The van der Waals surface area contributed by atoms with Crippen molar-refractivity contribution in [2.24, 2.45) is 5.92 Å². The summed E-state index contributed by atoms with van der Waals surface area (Å²) in [6, 6.07) is 9.48. The van der Waals surface area contributed by atoms with Crippen LogP contribution in [0.3, 0.4) is 0 Å². The minimum absolute atomic E-state index is 0.163. The molecule has 3 aromatic rings. The largest absolute Gasteiger partial charge is 0.434 e. The number of para-hydroxylation sites is 1. The minimum Gasteiger partial charge on any atom is -0.267 e. The van der Waals surface area contributed by atoms with Crippen LogP contribution in [0.25, 0.3) is 5.69 Å². The monoisotopic (exact) mass is 448 g/mol. The summed E-state index contributed by atoms with van der Waals surface area (Å²) in [5.74, 6) is -1.12. The summed E-state index contributed by atoms with van der Waals surface area (Å²) in [6.45, 7) is 2.15. The van der Waals surface area contributed by atoms with E-state index >= 15 is 0 Å². The number of amides is 2. The SMILES string of the molecule is C[C@H]1CCc2sc(C(=O)NNC(=O)c3cnn(-c4ccccc4)c3C(F)(F)F)cc2C1. The Balaban J connectivity index is 1.51. The lowest BCUT2D eigenvalue weighted by atomic mass is 9.90. The van der Waals surface area contributed by atoms with E-state index in [1.165, 1.54) is 23.5 Å². The van der Waals surface area contributed by atoms with Crippen LogP contribution in [0.5, 0.6) is 0 Å². The summed E-state index contributed by atoms with van der Waals surface area (Å²) < 4.78 is 41.7. The fourth-order valence-corrected chi connectivity index (χ4v) is 4.72. The molecular weight excluding hydrogens is 429 g/mol. The molecule has 6 nitrogen and oxygen atoms in total. The Morgan fingerprint density at radius 2 is 1.87 bits per heavy atom. The summed E-state index contributed by atoms with van der Waals surface area (Å²) in [7, 11) is 0. The van der Waals surface area contributed by atoms with E-state index in [-0.39, 0.29) is 5.69 Å². The average molecular weight is 448 g/mol. The molecule has 1 aliphatic carbocycles. The Bertz CT molecular complexity index is 1120. The lowest BCUT2D eigenvalue weighted by molar-refractivity contribution is -0.143. The second kappa shape index (κ2) is 8.18. The molecule has 0 saturated carbocycles. The maximum Gasteiger partial charge on any atom is 0.434 e. The fraction of sp³-hybridized carbons (Fsp3) is 0.286. The molecule has 162 valence electrons. The summed E-state index contributed by atoms with van der Waals surface area (Å²) in [5, 5.41) is 3.74. The highest BCUT2D eigenvalue weighted by Crippen LogP contribution is 2.34. The lowest BCUT2D eigenvalue weighted by Crippen LogP contribution is -2.42. The van der Waals surface area contributed by atoms with Crippen LogP contribution in [0, 0.1) is 5.92 Å². The van der Waals surface area contributed by atoms with Gasteiger partial charge in [0, 0.05) is 4.88 Å². The predicted molar refractivity (Wildman–Crippen MR) is 109 cm³/mol. The summed E-state index contributed by atoms with van der Waals surface area (Å²) >= 11 is 1.34. The van der Waals surface area contributed by atoms with Gasteiger partial charge in [-0.1, -0.05) is 25.1 Å². The summed E-state index contributed by atoms with van der Waals surface area (Å²) in [5.41, 5.74) is 3.67. The Hall–Kier alpha value is -3.14. The molecule has 0 aliphatic heterocycles. The highest BCUT2D eigenvalue weighted by molar-refractivity contribution is 7.14. The smallest absolute Gasteiger partial charge is 0.267 e. The van der Waals surface area contributed by atoms with Gasteiger partial charge < -0.3 is 0 Å². The topological polar surface area (TPSA) is 76.0 Å². The van der Waals surface area contributed by atoms with E-state index in [4.69, 9.17) is 0 Å². The number of halogens is 3. The quantitative estimate of drug-likeness (QED) is 0.591. The van der Waals surface area contributed by atoms with Gasteiger partial charge in [0.1, 0.15) is 0 Å². The van der Waals surface area contributed by atoms with Crippen LogP contribution in [0.15, 0.2) is 42.6 Å². The number of fused-ring (bicyclic) bond motifs is 1. The van der Waals surface area contributed by atoms with E-state index in [1.807, 2.05) is 0 Å². The highest BCUT2D eigenvalue weighted by Gasteiger charge is 2.40. The Morgan fingerprint density at radius 3 is 2.58 bits per heavy atom. The first-order valence-electron chi connectivity index (χ1n) is 9.67. The lowest BCUT2D eigenvalue weighted by Gasteiger charge is -2.16. The van der Waals surface area contributed by atoms with E-state index in [9.17, 15) is 22.8 Å². The molecule has 0 bridgehead atoms. The van der Waals surface area contributed by atoms with Gasteiger partial charge in [-0.2, -0.15) is 18.3 Å². The van der Waals surface area contributed by atoms with Gasteiger partial charge in [0.15, 0.2) is 5.69 Å². The van der Waals surface area contributed by atoms with Crippen molar-refractivity contribution in [2.75, 3.05) is 0 Å². The third-order valence-electron chi connectivity index (χ3n) is 5.13. The molecule has 1 aromatic carbocycles. The number of alkyl halides is 3. The third kappa shape index (κ3) is 4.34. The first-order valence-corrected chi connectivity index (χ1v) is 10.5. The number of aryl methyl sites for hydroxylation is 1. The van der Waals surface area contributed by atoms with Crippen LogP contribution in [0.4, 0.5) is 13.2 Å². The van der Waals surface area contributed by atoms with Gasteiger partial charge in [-0.25, -0.2) is 4.68 Å². The number of benzene rings is 1. The number of carbonyl (C=O) groups excluding carboxylic acids is 2. The number of rotatable bonds is 3. The number of nitrogens with one attached hydrogen (secondary N) is 2. The van der Waals surface area contributed by atoms with Crippen molar-refractivity contribution in [3.63, 3.8) is 0 Å². The molecule has 0 fully saturated rings. The van der Waals surface area contributed by atoms with Crippen molar-refractivity contribution in [2.45, 2.75) is 32.4 Å². The summed E-state index contributed by atoms with van der Waals surface area (Å²) in [4.78, 5) is 26.4. The number of thiophene rings is 1. The first-order chi connectivity index (χ1) is 14.7. The minimum atomic E-state index is -4.83. The predicted octanol–water partition coefficient (Wildman–Crippen LogP) is 4.15. The van der Waals surface area contributed by atoms with Crippen molar-refractivity contribution in [3.05, 3.63) is 69.2 Å². The first kappa shape index (κ1) is 21.1. The Morgan fingerprint density at radius 1 is 1.16 bits per heavy atom. The maximum atomic E-state index is 13.7. The molecule has 1 aliphatic rings. The molecular formula is C21H19F3N4O2S. The molecule has 31 heavy (non-hydrogen) atoms. The molecule has 2 aromatic heterocycles. The number of carbonyl (C=O) groups is 2. The van der Waals surface area contributed by atoms with Gasteiger partial charge in [0.25, 0.3) is 11.8 Å². The molecule has 4 rings (SSSR count). The molecule has 2 N–H and O–H groups in total.